The molecule has 196 valence electrons. The number of carbonyl (C=O) groups is 3. The Bertz CT molecular complexity index is 1120. The number of hydrogen-bond acceptors (Lipinski definition) is 6. The molecular formula is C28H33N3O5S. The third-order valence-corrected chi connectivity index (χ3v) is 6.48. The van der Waals surface area contributed by atoms with Crippen molar-refractivity contribution in [2.24, 2.45) is 0 Å². The second-order valence-electron chi connectivity index (χ2n) is 8.17. The summed E-state index contributed by atoms with van der Waals surface area (Å²) in [7, 11) is 1.57. The zero-order valence-corrected chi connectivity index (χ0v) is 22.0. The molecule has 1 aromatic heterocycles. The second-order valence-corrected chi connectivity index (χ2v) is 9.20. The van der Waals surface area contributed by atoms with Gasteiger partial charge in [0.25, 0.3) is 5.91 Å². The standard InChI is InChI=1S/C28H33N3O5S/c1-3-36-17-8-16-29-28(34)26(21-12-14-23(35-2)15-13-21)31(20-24-11-7-18-37-24)25(32)19-30-27(33)22-9-5-4-6-10-22/h4-7,9-15,18,26H,3,8,16-17,19-20H2,1-2H3,(H,29,34)(H,30,33)/t26-/m1/s1. The number of ether oxygens (including phenoxy) is 2. The molecule has 3 amide bonds. The summed E-state index contributed by atoms with van der Waals surface area (Å²) in [6.45, 7) is 3.46. The second kappa shape index (κ2) is 14.8. The maximum atomic E-state index is 13.6. The zero-order chi connectivity index (χ0) is 26.5. The number of benzene rings is 2. The lowest BCUT2D eigenvalue weighted by molar-refractivity contribution is -0.140. The normalized spacial score (nSPS) is 11.4. The molecule has 0 spiro atoms. The van der Waals surface area contributed by atoms with Crippen LogP contribution in [0.1, 0.15) is 40.2 Å². The average molecular weight is 524 g/mol. The number of rotatable bonds is 14. The van der Waals surface area contributed by atoms with Gasteiger partial charge in [0, 0.05) is 30.2 Å². The van der Waals surface area contributed by atoms with Crippen LogP contribution in [0.25, 0.3) is 0 Å². The van der Waals surface area contributed by atoms with Gasteiger partial charge in [-0.2, -0.15) is 0 Å². The molecule has 0 unspecified atom stereocenters. The Labute approximate surface area is 221 Å². The van der Waals surface area contributed by atoms with E-state index in [9.17, 15) is 14.4 Å². The highest BCUT2D eigenvalue weighted by Crippen LogP contribution is 2.27. The number of nitrogens with one attached hydrogen (secondary N) is 2. The van der Waals surface area contributed by atoms with Crippen molar-refractivity contribution < 1.29 is 23.9 Å². The van der Waals surface area contributed by atoms with Crippen LogP contribution in [0.3, 0.4) is 0 Å². The zero-order valence-electron chi connectivity index (χ0n) is 21.1. The Kier molecular flexibility index (Phi) is 11.1. The molecule has 1 atom stereocenters. The van der Waals surface area contributed by atoms with Gasteiger partial charge in [-0.05, 0) is 54.6 Å². The van der Waals surface area contributed by atoms with Crippen LogP contribution < -0.4 is 15.4 Å². The van der Waals surface area contributed by atoms with Crippen molar-refractivity contribution in [1.82, 2.24) is 15.5 Å². The van der Waals surface area contributed by atoms with Gasteiger partial charge in [0.2, 0.25) is 11.8 Å². The first-order chi connectivity index (χ1) is 18.0. The minimum atomic E-state index is -0.902. The minimum absolute atomic E-state index is 0.223. The molecule has 1 heterocycles. The van der Waals surface area contributed by atoms with Crippen molar-refractivity contribution in [3.8, 4) is 5.75 Å². The van der Waals surface area contributed by atoms with Gasteiger partial charge in [0.15, 0.2) is 0 Å². The highest BCUT2D eigenvalue weighted by Gasteiger charge is 2.32. The summed E-state index contributed by atoms with van der Waals surface area (Å²) in [5.41, 5.74) is 1.10. The minimum Gasteiger partial charge on any atom is -0.497 e. The molecule has 0 fully saturated rings. The SMILES string of the molecule is CCOCCCNC(=O)[C@@H](c1ccc(OC)cc1)N(Cc1cccs1)C(=O)CNC(=O)c1ccccc1. The maximum absolute atomic E-state index is 13.6. The smallest absolute Gasteiger partial charge is 0.251 e. The summed E-state index contributed by atoms with van der Waals surface area (Å²) in [6.07, 6.45) is 0.654. The van der Waals surface area contributed by atoms with Gasteiger partial charge in [0.1, 0.15) is 11.8 Å². The fourth-order valence-corrected chi connectivity index (χ4v) is 4.43. The van der Waals surface area contributed by atoms with Gasteiger partial charge in [-0.25, -0.2) is 0 Å². The quantitative estimate of drug-likeness (QED) is 0.313. The van der Waals surface area contributed by atoms with E-state index >= 15 is 0 Å². The van der Waals surface area contributed by atoms with Gasteiger partial charge in [-0.15, -0.1) is 11.3 Å². The van der Waals surface area contributed by atoms with E-state index in [1.807, 2.05) is 30.5 Å². The Morgan fingerprint density at radius 3 is 2.38 bits per heavy atom. The average Bonchev–Trinajstić information content (AvgIpc) is 3.45. The Morgan fingerprint density at radius 2 is 1.73 bits per heavy atom. The maximum Gasteiger partial charge on any atom is 0.251 e. The third-order valence-electron chi connectivity index (χ3n) is 5.62. The van der Waals surface area contributed by atoms with Crippen molar-refractivity contribution >= 4 is 29.1 Å². The highest BCUT2D eigenvalue weighted by molar-refractivity contribution is 7.09. The summed E-state index contributed by atoms with van der Waals surface area (Å²) in [4.78, 5) is 42.1. The number of methoxy groups -OCH3 is 1. The molecule has 0 bridgehead atoms. The molecular weight excluding hydrogens is 490 g/mol. The highest BCUT2D eigenvalue weighted by atomic mass is 32.1. The summed E-state index contributed by atoms with van der Waals surface area (Å²) >= 11 is 1.50. The van der Waals surface area contributed by atoms with Crippen LogP contribution in [0.5, 0.6) is 5.75 Å². The molecule has 0 aliphatic heterocycles. The predicted octanol–water partition coefficient (Wildman–Crippen LogP) is 3.80. The summed E-state index contributed by atoms with van der Waals surface area (Å²) < 4.78 is 10.6. The molecule has 9 heteroatoms. The molecule has 3 aromatic rings. The Balaban J connectivity index is 1.84. The largest absolute Gasteiger partial charge is 0.497 e. The fourth-order valence-electron chi connectivity index (χ4n) is 3.73. The number of amides is 3. The van der Waals surface area contributed by atoms with Crippen molar-refractivity contribution in [1.29, 1.82) is 0 Å². The van der Waals surface area contributed by atoms with Crippen LogP contribution in [0, 0.1) is 0 Å². The fraction of sp³-hybridized carbons (Fsp3) is 0.321. The lowest BCUT2D eigenvalue weighted by atomic mass is 10.0. The summed E-state index contributed by atoms with van der Waals surface area (Å²) in [6, 6.07) is 18.7. The molecule has 0 saturated carbocycles. The van der Waals surface area contributed by atoms with E-state index in [0.29, 0.717) is 43.1 Å². The molecule has 0 aliphatic carbocycles. The van der Waals surface area contributed by atoms with E-state index in [2.05, 4.69) is 10.6 Å². The van der Waals surface area contributed by atoms with Gasteiger partial charge in [0.05, 0.1) is 20.2 Å². The van der Waals surface area contributed by atoms with Crippen molar-refractivity contribution in [3.63, 3.8) is 0 Å². The van der Waals surface area contributed by atoms with Gasteiger partial charge in [-0.1, -0.05) is 36.4 Å². The molecule has 0 saturated heterocycles. The van der Waals surface area contributed by atoms with E-state index < -0.39 is 6.04 Å². The van der Waals surface area contributed by atoms with Gasteiger partial charge in [-0.3, -0.25) is 14.4 Å². The van der Waals surface area contributed by atoms with E-state index in [4.69, 9.17) is 9.47 Å². The number of nitrogens with zero attached hydrogens (tertiary/aromatic N) is 1. The van der Waals surface area contributed by atoms with Crippen LogP contribution in [0.4, 0.5) is 0 Å². The van der Waals surface area contributed by atoms with Crippen molar-refractivity contribution in [3.05, 3.63) is 88.1 Å². The van der Waals surface area contributed by atoms with E-state index in [1.165, 1.54) is 16.2 Å². The van der Waals surface area contributed by atoms with E-state index in [1.54, 1.807) is 55.6 Å². The van der Waals surface area contributed by atoms with Crippen LogP contribution in [-0.2, 0) is 20.9 Å². The molecule has 2 N–H and O–H groups in total. The van der Waals surface area contributed by atoms with Crippen LogP contribution in [0.2, 0.25) is 0 Å². The van der Waals surface area contributed by atoms with Gasteiger partial charge >= 0.3 is 0 Å². The number of thiophene rings is 1. The van der Waals surface area contributed by atoms with Crippen molar-refractivity contribution in [2.75, 3.05) is 33.4 Å². The predicted molar refractivity (Wildman–Crippen MR) is 143 cm³/mol. The van der Waals surface area contributed by atoms with Gasteiger partial charge < -0.3 is 25.0 Å². The summed E-state index contributed by atoms with van der Waals surface area (Å²) in [5.74, 6) is -0.388. The number of carbonyl (C=O) groups excluding carboxylic acids is 3. The van der Waals surface area contributed by atoms with Crippen molar-refractivity contribution in [2.45, 2.75) is 25.9 Å². The topological polar surface area (TPSA) is 97.0 Å². The third kappa shape index (κ3) is 8.44. The Morgan fingerprint density at radius 1 is 0.973 bits per heavy atom. The molecule has 2 aromatic carbocycles. The lowest BCUT2D eigenvalue weighted by Gasteiger charge is -2.31. The first kappa shape index (κ1) is 27.9. The van der Waals surface area contributed by atoms with E-state index in [0.717, 1.165) is 4.88 Å². The number of hydrogen-bond donors (Lipinski definition) is 2. The molecule has 0 aliphatic rings. The molecule has 0 radical (unpaired) electrons. The van der Waals surface area contributed by atoms with E-state index in [-0.39, 0.29) is 30.8 Å². The first-order valence-electron chi connectivity index (χ1n) is 12.2. The molecule has 8 nitrogen and oxygen atoms in total. The first-order valence-corrected chi connectivity index (χ1v) is 13.1. The lowest BCUT2D eigenvalue weighted by Crippen LogP contribution is -2.47. The summed E-state index contributed by atoms with van der Waals surface area (Å²) in [5, 5.41) is 7.56. The Hall–Kier alpha value is -3.69. The monoisotopic (exact) mass is 523 g/mol. The van der Waals surface area contributed by atoms with Crippen LogP contribution >= 0.6 is 11.3 Å². The molecule has 37 heavy (non-hydrogen) atoms. The molecule has 3 rings (SSSR count). The van der Waals surface area contributed by atoms with Crippen LogP contribution in [0.15, 0.2) is 72.1 Å². The van der Waals surface area contributed by atoms with Crippen LogP contribution in [-0.4, -0.2) is 56.0 Å².